The SMILES string of the molecule is CCOC(=O)[C@H](Cc1ccc(OC(C)C(=O)O)cc1)OCC. The zero-order chi connectivity index (χ0) is 16.5. The fraction of sp³-hybridized carbons (Fsp3) is 0.500. The first-order chi connectivity index (χ1) is 10.5. The fourth-order valence-electron chi connectivity index (χ4n) is 1.82. The molecule has 0 saturated heterocycles. The highest BCUT2D eigenvalue weighted by Crippen LogP contribution is 2.16. The first-order valence-corrected chi connectivity index (χ1v) is 7.24. The van der Waals surface area contributed by atoms with Crippen LogP contribution >= 0.6 is 0 Å². The molecule has 1 aromatic rings. The van der Waals surface area contributed by atoms with E-state index in [1.165, 1.54) is 6.92 Å². The van der Waals surface area contributed by atoms with E-state index >= 15 is 0 Å². The second kappa shape index (κ2) is 9.04. The van der Waals surface area contributed by atoms with Crippen molar-refractivity contribution in [2.75, 3.05) is 13.2 Å². The Morgan fingerprint density at radius 1 is 1.14 bits per heavy atom. The molecule has 0 heterocycles. The molecule has 122 valence electrons. The summed E-state index contributed by atoms with van der Waals surface area (Å²) in [6.45, 7) is 5.75. The van der Waals surface area contributed by atoms with E-state index in [9.17, 15) is 9.59 Å². The maximum absolute atomic E-state index is 11.8. The molecule has 1 rings (SSSR count). The van der Waals surface area contributed by atoms with E-state index in [0.29, 0.717) is 25.4 Å². The fourth-order valence-corrected chi connectivity index (χ4v) is 1.82. The van der Waals surface area contributed by atoms with Crippen LogP contribution in [0, 0.1) is 0 Å². The van der Waals surface area contributed by atoms with Crippen LogP contribution in [0.1, 0.15) is 26.3 Å². The van der Waals surface area contributed by atoms with Gasteiger partial charge in [-0.05, 0) is 38.5 Å². The number of carbonyl (C=O) groups excluding carboxylic acids is 1. The number of carbonyl (C=O) groups is 2. The van der Waals surface area contributed by atoms with E-state index < -0.39 is 18.2 Å². The van der Waals surface area contributed by atoms with Crippen molar-refractivity contribution in [3.63, 3.8) is 0 Å². The number of carboxylic acids is 1. The smallest absolute Gasteiger partial charge is 0.344 e. The summed E-state index contributed by atoms with van der Waals surface area (Å²) in [5, 5.41) is 8.79. The number of ether oxygens (including phenoxy) is 3. The largest absolute Gasteiger partial charge is 0.479 e. The van der Waals surface area contributed by atoms with Crippen LogP contribution in [-0.2, 0) is 25.5 Å². The lowest BCUT2D eigenvalue weighted by molar-refractivity contribution is -0.156. The van der Waals surface area contributed by atoms with E-state index in [4.69, 9.17) is 19.3 Å². The van der Waals surface area contributed by atoms with Crippen LogP contribution < -0.4 is 4.74 Å². The summed E-state index contributed by atoms with van der Waals surface area (Å²) >= 11 is 0. The molecule has 6 nitrogen and oxygen atoms in total. The van der Waals surface area contributed by atoms with Crippen LogP contribution in [-0.4, -0.2) is 42.5 Å². The van der Waals surface area contributed by atoms with Gasteiger partial charge in [-0.1, -0.05) is 12.1 Å². The zero-order valence-electron chi connectivity index (χ0n) is 13.1. The van der Waals surface area contributed by atoms with Gasteiger partial charge in [0.1, 0.15) is 5.75 Å². The maximum Gasteiger partial charge on any atom is 0.344 e. The summed E-state index contributed by atoms with van der Waals surface area (Å²) in [6, 6.07) is 6.89. The summed E-state index contributed by atoms with van der Waals surface area (Å²) in [4.78, 5) is 22.5. The highest BCUT2D eigenvalue weighted by molar-refractivity contribution is 5.75. The quantitative estimate of drug-likeness (QED) is 0.703. The standard InChI is InChI=1S/C16H22O6/c1-4-20-14(16(19)21-5-2)10-12-6-8-13(9-7-12)22-11(3)15(17)18/h6-9,11,14H,4-5,10H2,1-3H3,(H,17,18)/t11?,14-/m0/s1. The lowest BCUT2D eigenvalue weighted by atomic mass is 10.1. The number of hydrogen-bond donors (Lipinski definition) is 1. The number of rotatable bonds is 9. The molecule has 0 amide bonds. The molecule has 0 bridgehead atoms. The van der Waals surface area contributed by atoms with Crippen LogP contribution in [0.5, 0.6) is 5.75 Å². The third-order valence-corrected chi connectivity index (χ3v) is 2.92. The third kappa shape index (κ3) is 5.73. The van der Waals surface area contributed by atoms with Gasteiger partial charge in [0, 0.05) is 13.0 Å². The Morgan fingerprint density at radius 2 is 1.77 bits per heavy atom. The van der Waals surface area contributed by atoms with Gasteiger partial charge < -0.3 is 19.3 Å². The number of carboxylic acid groups (broad SMARTS) is 1. The van der Waals surface area contributed by atoms with E-state index in [0.717, 1.165) is 5.56 Å². The molecular formula is C16H22O6. The van der Waals surface area contributed by atoms with Crippen LogP contribution in [0.15, 0.2) is 24.3 Å². The third-order valence-electron chi connectivity index (χ3n) is 2.92. The molecule has 2 atom stereocenters. The van der Waals surface area contributed by atoms with Crippen molar-refractivity contribution < 1.29 is 28.9 Å². The highest BCUT2D eigenvalue weighted by atomic mass is 16.6. The first kappa shape index (κ1) is 18.0. The summed E-state index contributed by atoms with van der Waals surface area (Å²) < 4.78 is 15.6. The average molecular weight is 310 g/mol. The molecule has 0 aromatic heterocycles. The van der Waals surface area contributed by atoms with Crippen molar-refractivity contribution >= 4 is 11.9 Å². The summed E-state index contributed by atoms with van der Waals surface area (Å²) in [7, 11) is 0. The minimum atomic E-state index is -1.03. The van der Waals surface area contributed by atoms with Gasteiger partial charge in [-0.3, -0.25) is 0 Å². The Bertz CT molecular complexity index is 482. The molecule has 0 spiro atoms. The predicted octanol–water partition coefficient (Wildman–Crippen LogP) is 2.05. The Kier molecular flexibility index (Phi) is 7.39. The van der Waals surface area contributed by atoms with E-state index in [1.807, 2.05) is 6.92 Å². The van der Waals surface area contributed by atoms with Crippen molar-refractivity contribution in [1.82, 2.24) is 0 Å². The predicted molar refractivity (Wildman–Crippen MR) is 79.9 cm³/mol. The molecule has 0 aliphatic heterocycles. The second-order valence-corrected chi connectivity index (χ2v) is 4.64. The van der Waals surface area contributed by atoms with E-state index in [1.54, 1.807) is 31.2 Å². The van der Waals surface area contributed by atoms with Crippen LogP contribution in [0.25, 0.3) is 0 Å². The topological polar surface area (TPSA) is 82.1 Å². The molecule has 0 radical (unpaired) electrons. The average Bonchev–Trinajstić information content (AvgIpc) is 2.48. The monoisotopic (exact) mass is 310 g/mol. The van der Waals surface area contributed by atoms with Gasteiger partial charge in [0.2, 0.25) is 0 Å². The Labute approximate surface area is 130 Å². The zero-order valence-corrected chi connectivity index (χ0v) is 13.1. The molecule has 0 saturated carbocycles. The van der Waals surface area contributed by atoms with Gasteiger partial charge in [-0.2, -0.15) is 0 Å². The van der Waals surface area contributed by atoms with E-state index in [-0.39, 0.29) is 5.97 Å². The number of aliphatic carboxylic acids is 1. The molecule has 0 fully saturated rings. The maximum atomic E-state index is 11.8. The first-order valence-electron chi connectivity index (χ1n) is 7.24. The van der Waals surface area contributed by atoms with Crippen LogP contribution in [0.3, 0.4) is 0 Å². The molecule has 1 aromatic carbocycles. The summed E-state index contributed by atoms with van der Waals surface area (Å²) in [5.74, 6) is -0.949. The van der Waals surface area contributed by atoms with Crippen molar-refractivity contribution in [2.24, 2.45) is 0 Å². The highest BCUT2D eigenvalue weighted by Gasteiger charge is 2.20. The van der Waals surface area contributed by atoms with Crippen molar-refractivity contribution in [2.45, 2.75) is 39.4 Å². The number of benzene rings is 1. The van der Waals surface area contributed by atoms with Gasteiger partial charge >= 0.3 is 11.9 Å². The lowest BCUT2D eigenvalue weighted by Gasteiger charge is -2.16. The Hall–Kier alpha value is -2.08. The molecule has 22 heavy (non-hydrogen) atoms. The number of esters is 1. The van der Waals surface area contributed by atoms with Gasteiger partial charge in [0.25, 0.3) is 0 Å². The van der Waals surface area contributed by atoms with Crippen molar-refractivity contribution in [3.05, 3.63) is 29.8 Å². The van der Waals surface area contributed by atoms with Crippen molar-refractivity contribution in [3.8, 4) is 5.75 Å². The Morgan fingerprint density at radius 3 is 2.27 bits per heavy atom. The molecule has 1 N–H and O–H groups in total. The molecule has 6 heteroatoms. The molecule has 1 unspecified atom stereocenters. The van der Waals surface area contributed by atoms with Crippen LogP contribution in [0.2, 0.25) is 0 Å². The second-order valence-electron chi connectivity index (χ2n) is 4.64. The summed E-state index contributed by atoms with van der Waals surface area (Å²) in [5.41, 5.74) is 0.877. The van der Waals surface area contributed by atoms with Gasteiger partial charge in [0.15, 0.2) is 12.2 Å². The number of hydrogen-bond acceptors (Lipinski definition) is 5. The van der Waals surface area contributed by atoms with Gasteiger partial charge in [-0.15, -0.1) is 0 Å². The molecular weight excluding hydrogens is 288 g/mol. The molecule has 0 aliphatic carbocycles. The molecule has 0 aliphatic rings. The van der Waals surface area contributed by atoms with Gasteiger partial charge in [0.05, 0.1) is 6.61 Å². The van der Waals surface area contributed by atoms with Gasteiger partial charge in [-0.25, -0.2) is 9.59 Å². The lowest BCUT2D eigenvalue weighted by Crippen LogP contribution is -2.29. The van der Waals surface area contributed by atoms with Crippen molar-refractivity contribution in [1.29, 1.82) is 0 Å². The minimum absolute atomic E-state index is 0.308. The normalized spacial score (nSPS) is 13.2. The minimum Gasteiger partial charge on any atom is -0.479 e. The summed E-state index contributed by atoms with van der Waals surface area (Å²) in [6.07, 6.45) is -1.17. The Balaban J connectivity index is 2.68. The van der Waals surface area contributed by atoms with Crippen LogP contribution in [0.4, 0.5) is 0 Å². The van der Waals surface area contributed by atoms with E-state index in [2.05, 4.69) is 0 Å².